The van der Waals surface area contributed by atoms with Crippen LogP contribution in [0, 0.1) is 0 Å². The van der Waals surface area contributed by atoms with Crippen LogP contribution in [-0.4, -0.2) is 35.0 Å². The van der Waals surface area contributed by atoms with Crippen molar-refractivity contribution in [1.82, 2.24) is 0 Å². The number of nitrogens with zero attached hydrogens (tertiary/aromatic N) is 2. The van der Waals surface area contributed by atoms with Crippen LogP contribution in [0.1, 0.15) is 6.42 Å². The lowest BCUT2D eigenvalue weighted by Crippen LogP contribution is -2.36. The molecule has 162 valence electrons. The second-order valence-electron chi connectivity index (χ2n) is 6.77. The zero-order valence-corrected chi connectivity index (χ0v) is 18.8. The van der Waals surface area contributed by atoms with Gasteiger partial charge in [-0.05, 0) is 54.6 Å². The molecule has 6 nitrogen and oxygen atoms in total. The number of hydrogen-bond donors (Lipinski definition) is 0. The van der Waals surface area contributed by atoms with Crippen molar-refractivity contribution in [3.8, 4) is 5.75 Å². The average Bonchev–Trinajstić information content (AvgIpc) is 2.79. The third kappa shape index (κ3) is 5.37. The van der Waals surface area contributed by atoms with Gasteiger partial charge in [-0.2, -0.15) is 0 Å². The quantitative estimate of drug-likeness (QED) is 0.495. The number of para-hydroxylation sites is 1. The number of amides is 1. The molecule has 0 aliphatic rings. The van der Waals surface area contributed by atoms with Crippen molar-refractivity contribution in [2.24, 2.45) is 0 Å². The van der Waals surface area contributed by atoms with E-state index >= 15 is 0 Å². The zero-order valence-electron chi connectivity index (χ0n) is 17.2. The van der Waals surface area contributed by atoms with Gasteiger partial charge < -0.3 is 9.64 Å². The van der Waals surface area contributed by atoms with E-state index < -0.39 is 10.0 Å². The number of benzene rings is 3. The number of anilines is 2. The van der Waals surface area contributed by atoms with Crippen molar-refractivity contribution in [3.05, 3.63) is 83.9 Å². The summed E-state index contributed by atoms with van der Waals surface area (Å²) in [6.45, 7) is -0.0306. The fourth-order valence-electron chi connectivity index (χ4n) is 3.05. The van der Waals surface area contributed by atoms with Crippen LogP contribution in [0.15, 0.2) is 83.8 Å². The number of ether oxygens (including phenoxy) is 1. The molecule has 0 fully saturated rings. The second kappa shape index (κ2) is 9.85. The molecule has 1 amide bonds. The number of methoxy groups -OCH3 is 1. The van der Waals surface area contributed by atoms with Crippen LogP contribution in [-0.2, 0) is 14.8 Å². The normalized spacial score (nSPS) is 11.1. The first-order chi connectivity index (χ1) is 14.8. The molecule has 8 heteroatoms. The fourth-order valence-corrected chi connectivity index (χ4v) is 4.82. The van der Waals surface area contributed by atoms with Crippen LogP contribution >= 0.6 is 11.6 Å². The third-order valence-electron chi connectivity index (χ3n) is 4.79. The molecule has 0 N–H and O–H groups in total. The highest BCUT2D eigenvalue weighted by Crippen LogP contribution is 2.27. The SMILES string of the molecule is COc1ccc(N(CCC(=O)N(C)c2ccccc2)S(=O)(=O)c2cccc(Cl)c2)cc1. The molecule has 31 heavy (non-hydrogen) atoms. The Bertz CT molecular complexity index is 1140. The molecule has 0 aliphatic carbocycles. The molecule has 0 radical (unpaired) electrons. The summed E-state index contributed by atoms with van der Waals surface area (Å²) in [5.41, 5.74) is 1.16. The lowest BCUT2D eigenvalue weighted by atomic mass is 10.2. The van der Waals surface area contributed by atoms with Gasteiger partial charge in [-0.15, -0.1) is 0 Å². The Balaban J connectivity index is 1.89. The summed E-state index contributed by atoms with van der Waals surface area (Å²) >= 11 is 6.02. The molecule has 0 unspecified atom stereocenters. The summed E-state index contributed by atoms with van der Waals surface area (Å²) in [4.78, 5) is 14.3. The van der Waals surface area contributed by atoms with Crippen molar-refractivity contribution in [2.45, 2.75) is 11.3 Å². The van der Waals surface area contributed by atoms with Crippen molar-refractivity contribution in [3.63, 3.8) is 0 Å². The third-order valence-corrected chi connectivity index (χ3v) is 6.85. The minimum Gasteiger partial charge on any atom is -0.497 e. The Labute approximate surface area is 187 Å². The first-order valence-corrected chi connectivity index (χ1v) is 11.4. The summed E-state index contributed by atoms with van der Waals surface area (Å²) in [5, 5.41) is 0.315. The van der Waals surface area contributed by atoms with Crippen LogP contribution in [0.2, 0.25) is 5.02 Å². The van der Waals surface area contributed by atoms with Gasteiger partial charge in [0.2, 0.25) is 5.91 Å². The summed E-state index contributed by atoms with van der Waals surface area (Å²) in [6, 6.07) is 21.9. The molecule has 0 aromatic heterocycles. The lowest BCUT2D eigenvalue weighted by Gasteiger charge is -2.26. The summed E-state index contributed by atoms with van der Waals surface area (Å²) in [6.07, 6.45) is -0.00276. The maximum atomic E-state index is 13.4. The van der Waals surface area contributed by atoms with E-state index in [2.05, 4.69) is 0 Å². The van der Waals surface area contributed by atoms with Crippen molar-refractivity contribution in [2.75, 3.05) is 29.9 Å². The van der Waals surface area contributed by atoms with E-state index in [9.17, 15) is 13.2 Å². The van der Waals surface area contributed by atoms with Gasteiger partial charge in [0.15, 0.2) is 0 Å². The molecule has 3 rings (SSSR count). The Hall–Kier alpha value is -3.03. The number of rotatable bonds is 8. The maximum Gasteiger partial charge on any atom is 0.264 e. The smallest absolute Gasteiger partial charge is 0.264 e. The van der Waals surface area contributed by atoms with Gasteiger partial charge in [-0.1, -0.05) is 35.9 Å². The van der Waals surface area contributed by atoms with Crippen LogP contribution in [0.4, 0.5) is 11.4 Å². The van der Waals surface area contributed by atoms with Crippen LogP contribution in [0.5, 0.6) is 5.75 Å². The monoisotopic (exact) mass is 458 g/mol. The topological polar surface area (TPSA) is 66.9 Å². The number of halogens is 1. The van der Waals surface area contributed by atoms with Gasteiger partial charge in [-0.3, -0.25) is 9.10 Å². The van der Waals surface area contributed by atoms with Gasteiger partial charge >= 0.3 is 0 Å². The van der Waals surface area contributed by atoms with Crippen molar-refractivity contribution >= 4 is 38.9 Å². The van der Waals surface area contributed by atoms with E-state index in [1.807, 2.05) is 30.3 Å². The molecule has 3 aromatic rings. The van der Waals surface area contributed by atoms with Gasteiger partial charge in [0.1, 0.15) is 5.75 Å². The Morgan fingerprint density at radius 2 is 1.61 bits per heavy atom. The first-order valence-electron chi connectivity index (χ1n) is 9.57. The number of carbonyl (C=O) groups is 1. The molecule has 0 spiro atoms. The van der Waals surface area contributed by atoms with Crippen LogP contribution in [0.3, 0.4) is 0 Å². The molecule has 0 bridgehead atoms. The van der Waals surface area contributed by atoms with E-state index in [1.54, 1.807) is 43.4 Å². The lowest BCUT2D eigenvalue weighted by molar-refractivity contribution is -0.118. The van der Waals surface area contributed by atoms with Crippen LogP contribution in [0.25, 0.3) is 0 Å². The van der Waals surface area contributed by atoms with Crippen molar-refractivity contribution in [1.29, 1.82) is 0 Å². The van der Waals surface area contributed by atoms with E-state index in [0.29, 0.717) is 16.5 Å². The first kappa shape index (κ1) is 22.7. The molecule has 0 aliphatic heterocycles. The highest BCUT2D eigenvalue weighted by Gasteiger charge is 2.26. The zero-order chi connectivity index (χ0) is 22.4. The van der Waals surface area contributed by atoms with E-state index in [-0.39, 0.29) is 23.8 Å². The molecule has 0 saturated carbocycles. The largest absolute Gasteiger partial charge is 0.497 e. The second-order valence-corrected chi connectivity index (χ2v) is 9.07. The summed E-state index contributed by atoms with van der Waals surface area (Å²) in [5.74, 6) is 0.398. The van der Waals surface area contributed by atoms with Crippen LogP contribution < -0.4 is 13.9 Å². The van der Waals surface area contributed by atoms with Crippen molar-refractivity contribution < 1.29 is 17.9 Å². The van der Waals surface area contributed by atoms with E-state index in [4.69, 9.17) is 16.3 Å². The molecular weight excluding hydrogens is 436 g/mol. The van der Waals surface area contributed by atoms with E-state index in [1.165, 1.54) is 28.4 Å². The predicted octanol–water partition coefficient (Wildman–Crippen LogP) is 4.60. The number of sulfonamides is 1. The fraction of sp³-hybridized carbons (Fsp3) is 0.174. The Morgan fingerprint density at radius 3 is 2.23 bits per heavy atom. The van der Waals surface area contributed by atoms with E-state index in [0.717, 1.165) is 5.69 Å². The standard InChI is InChI=1S/C23H23ClN2O4S/c1-25(19-8-4-3-5-9-19)23(27)15-16-26(20-11-13-21(30-2)14-12-20)31(28,29)22-10-6-7-18(24)17-22/h3-14,17H,15-16H2,1-2H3. The van der Waals surface area contributed by atoms with Gasteiger partial charge in [0.25, 0.3) is 10.0 Å². The molecule has 0 atom stereocenters. The van der Waals surface area contributed by atoms with Gasteiger partial charge in [0, 0.05) is 30.7 Å². The molecular formula is C23H23ClN2O4S. The predicted molar refractivity (Wildman–Crippen MR) is 123 cm³/mol. The average molecular weight is 459 g/mol. The molecule has 0 saturated heterocycles. The number of carbonyl (C=O) groups excluding carboxylic acids is 1. The van der Waals surface area contributed by atoms with Gasteiger partial charge in [0.05, 0.1) is 17.7 Å². The maximum absolute atomic E-state index is 13.4. The highest BCUT2D eigenvalue weighted by molar-refractivity contribution is 7.92. The number of hydrogen-bond acceptors (Lipinski definition) is 4. The minimum atomic E-state index is -3.94. The minimum absolute atomic E-state index is 0.00276. The summed E-state index contributed by atoms with van der Waals surface area (Å²) in [7, 11) is -0.742. The molecule has 3 aromatic carbocycles. The summed E-state index contributed by atoms with van der Waals surface area (Å²) < 4.78 is 33.2. The highest BCUT2D eigenvalue weighted by atomic mass is 35.5. The van der Waals surface area contributed by atoms with Gasteiger partial charge in [-0.25, -0.2) is 8.42 Å². The Kier molecular flexibility index (Phi) is 7.20. The molecule has 0 heterocycles. The Morgan fingerprint density at radius 1 is 0.935 bits per heavy atom.